The van der Waals surface area contributed by atoms with Crippen LogP contribution >= 0.6 is 0 Å². The van der Waals surface area contributed by atoms with Crippen LogP contribution in [0.3, 0.4) is 0 Å². The number of ether oxygens (including phenoxy) is 1. The molecule has 0 aliphatic heterocycles. The molecule has 21 heavy (non-hydrogen) atoms. The van der Waals surface area contributed by atoms with Crippen molar-refractivity contribution in [2.75, 3.05) is 0 Å². The van der Waals surface area contributed by atoms with E-state index in [1.54, 1.807) is 24.3 Å². The Morgan fingerprint density at radius 2 is 1.76 bits per heavy atom. The fourth-order valence-electron chi connectivity index (χ4n) is 2.10. The second-order valence-electron chi connectivity index (χ2n) is 5.26. The Kier molecular flexibility index (Phi) is 4.58. The first-order chi connectivity index (χ1) is 9.88. The normalized spacial score (nSPS) is 12.5. The lowest BCUT2D eigenvalue weighted by molar-refractivity contribution is 0.211. The van der Waals surface area contributed by atoms with Gasteiger partial charge in [-0.25, -0.2) is 8.78 Å². The molecule has 2 nitrogen and oxygen atoms in total. The molecule has 0 amide bonds. The number of aliphatic hydroxyl groups is 1. The molecule has 0 radical (unpaired) electrons. The number of benzene rings is 2. The number of aliphatic hydroxyl groups excluding tert-OH is 1. The average Bonchev–Trinajstić information content (AvgIpc) is 2.41. The van der Waals surface area contributed by atoms with Gasteiger partial charge in [-0.05, 0) is 50.1 Å². The maximum absolute atomic E-state index is 13.8. The van der Waals surface area contributed by atoms with E-state index >= 15 is 0 Å². The van der Waals surface area contributed by atoms with Gasteiger partial charge in [-0.15, -0.1) is 0 Å². The van der Waals surface area contributed by atoms with E-state index in [1.165, 1.54) is 13.0 Å². The summed E-state index contributed by atoms with van der Waals surface area (Å²) in [7, 11) is 0. The van der Waals surface area contributed by atoms with Crippen molar-refractivity contribution >= 4 is 0 Å². The van der Waals surface area contributed by atoms with Gasteiger partial charge in [-0.3, -0.25) is 0 Å². The Morgan fingerprint density at radius 1 is 1.05 bits per heavy atom. The van der Waals surface area contributed by atoms with E-state index in [4.69, 9.17) is 4.74 Å². The minimum Gasteiger partial charge on any atom is -0.491 e. The molecule has 2 aromatic carbocycles. The molecule has 4 heteroatoms. The third kappa shape index (κ3) is 3.58. The summed E-state index contributed by atoms with van der Waals surface area (Å²) in [6.07, 6.45) is -1.16. The van der Waals surface area contributed by atoms with Crippen LogP contribution in [0.1, 0.15) is 36.6 Å². The van der Waals surface area contributed by atoms with Gasteiger partial charge in [0.2, 0.25) is 0 Å². The predicted octanol–water partition coefficient (Wildman–Crippen LogP) is 4.14. The highest BCUT2D eigenvalue weighted by Gasteiger charge is 2.17. The fourth-order valence-corrected chi connectivity index (χ4v) is 2.10. The molecule has 2 rings (SSSR count). The lowest BCUT2D eigenvalue weighted by Crippen LogP contribution is -2.07. The van der Waals surface area contributed by atoms with E-state index in [0.717, 1.165) is 6.07 Å². The Bertz CT molecular complexity index is 639. The lowest BCUT2D eigenvalue weighted by atomic mass is 9.99. The van der Waals surface area contributed by atoms with E-state index < -0.39 is 17.7 Å². The summed E-state index contributed by atoms with van der Waals surface area (Å²) < 4.78 is 32.7. The molecule has 0 fully saturated rings. The van der Waals surface area contributed by atoms with Crippen LogP contribution in [0.25, 0.3) is 0 Å². The van der Waals surface area contributed by atoms with Crippen LogP contribution in [0.5, 0.6) is 5.75 Å². The molecule has 0 aromatic heterocycles. The van der Waals surface area contributed by atoms with Crippen molar-refractivity contribution in [2.24, 2.45) is 0 Å². The first kappa shape index (κ1) is 15.4. The Hall–Kier alpha value is -1.94. The molecule has 0 aliphatic rings. The molecule has 0 heterocycles. The van der Waals surface area contributed by atoms with E-state index in [2.05, 4.69) is 0 Å². The largest absolute Gasteiger partial charge is 0.491 e. The number of rotatable bonds is 4. The van der Waals surface area contributed by atoms with Gasteiger partial charge in [0, 0.05) is 11.6 Å². The zero-order valence-corrected chi connectivity index (χ0v) is 12.2. The van der Waals surface area contributed by atoms with Crippen molar-refractivity contribution in [3.05, 3.63) is 64.7 Å². The standard InChI is InChI=1S/C17H18F2O2/c1-10(2)21-13-6-4-5-12(8-13)17(20)14-7-11(3)15(18)9-16(14)19/h4-10,17,20H,1-3H3. The van der Waals surface area contributed by atoms with Gasteiger partial charge < -0.3 is 9.84 Å². The number of halogens is 2. The Balaban J connectivity index is 2.36. The highest BCUT2D eigenvalue weighted by molar-refractivity contribution is 5.37. The van der Waals surface area contributed by atoms with Crippen LogP contribution in [0, 0.1) is 18.6 Å². The zero-order valence-electron chi connectivity index (χ0n) is 12.2. The molecule has 1 unspecified atom stereocenters. The fraction of sp³-hybridized carbons (Fsp3) is 0.294. The second kappa shape index (κ2) is 6.22. The molecule has 1 atom stereocenters. The monoisotopic (exact) mass is 292 g/mol. The maximum atomic E-state index is 13.8. The summed E-state index contributed by atoms with van der Waals surface area (Å²) >= 11 is 0. The number of aryl methyl sites for hydroxylation is 1. The van der Waals surface area contributed by atoms with E-state index in [9.17, 15) is 13.9 Å². The van der Waals surface area contributed by atoms with Gasteiger partial charge in [0.1, 0.15) is 23.5 Å². The molecular formula is C17H18F2O2. The zero-order chi connectivity index (χ0) is 15.6. The predicted molar refractivity (Wildman–Crippen MR) is 77.4 cm³/mol. The number of hydrogen-bond donors (Lipinski definition) is 1. The van der Waals surface area contributed by atoms with Gasteiger partial charge in [0.15, 0.2) is 0 Å². The quantitative estimate of drug-likeness (QED) is 0.917. The first-order valence-electron chi connectivity index (χ1n) is 6.78. The smallest absolute Gasteiger partial charge is 0.132 e. The third-order valence-electron chi connectivity index (χ3n) is 3.12. The summed E-state index contributed by atoms with van der Waals surface area (Å²) in [4.78, 5) is 0. The second-order valence-corrected chi connectivity index (χ2v) is 5.26. The molecule has 2 aromatic rings. The van der Waals surface area contributed by atoms with Gasteiger partial charge in [0.05, 0.1) is 6.10 Å². The average molecular weight is 292 g/mol. The number of hydrogen-bond acceptors (Lipinski definition) is 2. The molecular weight excluding hydrogens is 274 g/mol. The summed E-state index contributed by atoms with van der Waals surface area (Å²) in [5.74, 6) is -0.790. The van der Waals surface area contributed by atoms with Crippen molar-refractivity contribution in [3.63, 3.8) is 0 Å². The maximum Gasteiger partial charge on any atom is 0.132 e. The van der Waals surface area contributed by atoms with Crippen molar-refractivity contribution in [3.8, 4) is 5.75 Å². The van der Waals surface area contributed by atoms with E-state index in [0.29, 0.717) is 16.9 Å². The van der Waals surface area contributed by atoms with Crippen molar-refractivity contribution < 1.29 is 18.6 Å². The third-order valence-corrected chi connectivity index (χ3v) is 3.12. The molecule has 0 saturated heterocycles. The van der Waals surface area contributed by atoms with Crippen LogP contribution in [-0.2, 0) is 0 Å². The van der Waals surface area contributed by atoms with E-state index in [-0.39, 0.29) is 11.7 Å². The van der Waals surface area contributed by atoms with Gasteiger partial charge in [-0.2, -0.15) is 0 Å². The van der Waals surface area contributed by atoms with Crippen LogP contribution in [0.15, 0.2) is 36.4 Å². The van der Waals surface area contributed by atoms with Gasteiger partial charge in [-0.1, -0.05) is 12.1 Å². The highest BCUT2D eigenvalue weighted by atomic mass is 19.1. The SMILES string of the molecule is Cc1cc(C(O)c2cccc(OC(C)C)c2)c(F)cc1F. The molecule has 0 spiro atoms. The first-order valence-corrected chi connectivity index (χ1v) is 6.78. The molecule has 0 aliphatic carbocycles. The molecule has 1 N–H and O–H groups in total. The summed E-state index contributed by atoms with van der Waals surface area (Å²) in [6.45, 7) is 5.32. The molecule has 0 bridgehead atoms. The summed E-state index contributed by atoms with van der Waals surface area (Å²) in [5.41, 5.74) is 0.841. The Labute approximate surface area is 123 Å². The van der Waals surface area contributed by atoms with E-state index in [1.807, 2.05) is 13.8 Å². The minimum absolute atomic E-state index is 0.00203. The van der Waals surface area contributed by atoms with Crippen molar-refractivity contribution in [2.45, 2.75) is 33.0 Å². The highest BCUT2D eigenvalue weighted by Crippen LogP contribution is 2.28. The molecule has 112 valence electrons. The van der Waals surface area contributed by atoms with Gasteiger partial charge in [0.25, 0.3) is 0 Å². The van der Waals surface area contributed by atoms with Crippen LogP contribution in [0.4, 0.5) is 8.78 Å². The van der Waals surface area contributed by atoms with Crippen molar-refractivity contribution in [1.82, 2.24) is 0 Å². The lowest BCUT2D eigenvalue weighted by Gasteiger charge is -2.16. The van der Waals surface area contributed by atoms with Crippen LogP contribution in [-0.4, -0.2) is 11.2 Å². The minimum atomic E-state index is -1.17. The van der Waals surface area contributed by atoms with Gasteiger partial charge >= 0.3 is 0 Å². The topological polar surface area (TPSA) is 29.5 Å². The van der Waals surface area contributed by atoms with Crippen LogP contribution < -0.4 is 4.74 Å². The summed E-state index contributed by atoms with van der Waals surface area (Å²) in [5, 5.41) is 10.3. The van der Waals surface area contributed by atoms with Crippen LogP contribution in [0.2, 0.25) is 0 Å². The van der Waals surface area contributed by atoms with Crippen molar-refractivity contribution in [1.29, 1.82) is 0 Å². The molecule has 0 saturated carbocycles. The Morgan fingerprint density at radius 3 is 2.43 bits per heavy atom. The summed E-state index contributed by atoms with van der Waals surface area (Å²) in [6, 6.07) is 8.94.